The van der Waals surface area contributed by atoms with E-state index in [1.807, 2.05) is 30.3 Å². The number of carbonyl (C=O) groups is 2. The van der Waals surface area contributed by atoms with Crippen LogP contribution in [0.4, 0.5) is 22.7 Å². The largest absolute Gasteiger partial charge is 0.465 e. The lowest BCUT2D eigenvalue weighted by Crippen LogP contribution is -2.12. The number of ether oxygens (including phenoxy) is 2. The van der Waals surface area contributed by atoms with E-state index in [9.17, 15) is 9.59 Å². The van der Waals surface area contributed by atoms with E-state index in [1.54, 1.807) is 36.7 Å². The Balaban J connectivity index is 2.10. The van der Waals surface area contributed by atoms with Crippen molar-refractivity contribution in [3.8, 4) is 0 Å². The van der Waals surface area contributed by atoms with E-state index in [0.717, 1.165) is 5.69 Å². The van der Waals surface area contributed by atoms with Crippen LogP contribution in [0.3, 0.4) is 0 Å². The molecule has 0 amide bonds. The van der Waals surface area contributed by atoms with Gasteiger partial charge in [0.15, 0.2) is 0 Å². The molecular formula is C21H19N3O4. The van der Waals surface area contributed by atoms with Crippen LogP contribution in [0.5, 0.6) is 0 Å². The predicted octanol–water partition coefficient (Wildman–Crippen LogP) is 4.14. The van der Waals surface area contributed by atoms with Crippen molar-refractivity contribution < 1.29 is 19.1 Å². The van der Waals surface area contributed by atoms with Gasteiger partial charge in [0, 0.05) is 11.9 Å². The first-order chi connectivity index (χ1) is 13.6. The van der Waals surface area contributed by atoms with Gasteiger partial charge >= 0.3 is 11.9 Å². The topological polar surface area (TPSA) is 89.5 Å². The molecule has 0 saturated heterocycles. The second-order valence-electron chi connectivity index (χ2n) is 5.78. The highest BCUT2D eigenvalue weighted by molar-refractivity contribution is 6.04. The molecule has 7 nitrogen and oxygen atoms in total. The first kappa shape index (κ1) is 18.9. The molecule has 7 heteroatoms. The van der Waals surface area contributed by atoms with Crippen molar-refractivity contribution in [1.82, 2.24) is 4.98 Å². The molecule has 0 aliphatic rings. The summed E-state index contributed by atoms with van der Waals surface area (Å²) < 4.78 is 9.82. The fraction of sp³-hybridized carbons (Fsp3) is 0.0952. The van der Waals surface area contributed by atoms with Crippen molar-refractivity contribution in [2.45, 2.75) is 0 Å². The van der Waals surface area contributed by atoms with Gasteiger partial charge in [-0.05, 0) is 36.4 Å². The maximum Gasteiger partial charge on any atom is 0.340 e. The van der Waals surface area contributed by atoms with Gasteiger partial charge in [0.1, 0.15) is 0 Å². The number of nitrogens with zero attached hydrogens (tertiary/aromatic N) is 1. The Morgan fingerprint density at radius 3 is 1.82 bits per heavy atom. The minimum absolute atomic E-state index is 0.262. The van der Waals surface area contributed by atoms with Crippen molar-refractivity contribution in [1.29, 1.82) is 0 Å². The zero-order valence-corrected chi connectivity index (χ0v) is 15.4. The van der Waals surface area contributed by atoms with E-state index in [2.05, 4.69) is 15.6 Å². The summed E-state index contributed by atoms with van der Waals surface area (Å²) >= 11 is 0. The quantitative estimate of drug-likeness (QED) is 0.624. The molecular weight excluding hydrogens is 358 g/mol. The third-order valence-electron chi connectivity index (χ3n) is 3.96. The number of pyridine rings is 1. The lowest BCUT2D eigenvalue weighted by molar-refractivity contribution is 0.0588. The van der Waals surface area contributed by atoms with Gasteiger partial charge in [0.2, 0.25) is 0 Å². The van der Waals surface area contributed by atoms with Crippen molar-refractivity contribution >= 4 is 34.7 Å². The highest BCUT2D eigenvalue weighted by Gasteiger charge is 2.21. The van der Waals surface area contributed by atoms with Crippen molar-refractivity contribution in [2.24, 2.45) is 0 Å². The molecule has 0 aliphatic heterocycles. The third kappa shape index (κ3) is 4.27. The van der Waals surface area contributed by atoms with Crippen molar-refractivity contribution in [3.05, 3.63) is 78.1 Å². The van der Waals surface area contributed by atoms with Crippen LogP contribution in [0.2, 0.25) is 0 Å². The molecule has 1 heterocycles. The van der Waals surface area contributed by atoms with Gasteiger partial charge in [-0.3, -0.25) is 4.98 Å². The molecule has 3 rings (SSSR count). The maximum absolute atomic E-state index is 12.4. The van der Waals surface area contributed by atoms with Crippen molar-refractivity contribution in [3.63, 3.8) is 0 Å². The Morgan fingerprint density at radius 2 is 1.32 bits per heavy atom. The van der Waals surface area contributed by atoms with Crippen LogP contribution < -0.4 is 10.6 Å². The summed E-state index contributed by atoms with van der Waals surface area (Å²) in [5, 5.41) is 6.25. The Labute approximate surface area is 162 Å². The number of anilines is 4. The van der Waals surface area contributed by atoms with E-state index < -0.39 is 11.9 Å². The number of hydrogen-bond acceptors (Lipinski definition) is 7. The molecule has 142 valence electrons. The maximum atomic E-state index is 12.4. The second kappa shape index (κ2) is 8.68. The van der Waals surface area contributed by atoms with Crippen LogP contribution in [0, 0.1) is 0 Å². The number of carbonyl (C=O) groups excluding carboxylic acids is 2. The molecule has 1 aromatic heterocycles. The molecule has 3 aromatic rings. The smallest absolute Gasteiger partial charge is 0.340 e. The summed E-state index contributed by atoms with van der Waals surface area (Å²) in [7, 11) is 2.60. The first-order valence-corrected chi connectivity index (χ1v) is 8.46. The zero-order chi connectivity index (χ0) is 19.9. The number of benzene rings is 2. The summed E-state index contributed by atoms with van der Waals surface area (Å²) in [6, 6.07) is 16.0. The fourth-order valence-electron chi connectivity index (χ4n) is 2.63. The number of methoxy groups -OCH3 is 2. The van der Waals surface area contributed by atoms with Crippen LogP contribution in [-0.4, -0.2) is 31.1 Å². The summed E-state index contributed by atoms with van der Waals surface area (Å²) in [6.07, 6.45) is 3.24. The molecule has 0 unspecified atom stereocenters. The lowest BCUT2D eigenvalue weighted by atomic mass is 10.0. The van der Waals surface area contributed by atoms with Crippen LogP contribution >= 0.6 is 0 Å². The van der Waals surface area contributed by atoms with Gasteiger partial charge in [0.05, 0.1) is 48.6 Å². The number of nitrogens with one attached hydrogen (secondary N) is 2. The van der Waals surface area contributed by atoms with E-state index in [-0.39, 0.29) is 11.1 Å². The summed E-state index contributed by atoms with van der Waals surface area (Å²) in [6.45, 7) is 0. The van der Waals surface area contributed by atoms with E-state index in [0.29, 0.717) is 17.1 Å². The molecule has 0 aliphatic carbocycles. The summed E-state index contributed by atoms with van der Waals surface area (Å²) in [5.74, 6) is -1.08. The molecule has 0 saturated carbocycles. The number of para-hydroxylation sites is 1. The Bertz CT molecular complexity index is 894. The Hall–Kier alpha value is -3.87. The SMILES string of the molecule is COC(=O)c1cc(Nc2cccnc2)c(C(=O)OC)cc1Nc1ccccc1. The van der Waals surface area contributed by atoms with E-state index in [1.165, 1.54) is 14.2 Å². The number of esters is 2. The van der Waals surface area contributed by atoms with Gasteiger partial charge in [-0.25, -0.2) is 9.59 Å². The third-order valence-corrected chi connectivity index (χ3v) is 3.96. The average molecular weight is 377 g/mol. The second-order valence-corrected chi connectivity index (χ2v) is 5.78. The van der Waals surface area contributed by atoms with Crippen LogP contribution in [0.15, 0.2) is 67.0 Å². The van der Waals surface area contributed by atoms with Crippen LogP contribution in [0.25, 0.3) is 0 Å². The molecule has 0 bridgehead atoms. The van der Waals surface area contributed by atoms with E-state index in [4.69, 9.17) is 9.47 Å². The highest BCUT2D eigenvalue weighted by Crippen LogP contribution is 2.31. The van der Waals surface area contributed by atoms with Crippen molar-refractivity contribution in [2.75, 3.05) is 24.9 Å². The summed E-state index contributed by atoms with van der Waals surface area (Å²) in [4.78, 5) is 28.8. The molecule has 2 aromatic carbocycles. The van der Waals surface area contributed by atoms with Gasteiger partial charge in [-0.2, -0.15) is 0 Å². The predicted molar refractivity (Wildman–Crippen MR) is 106 cm³/mol. The first-order valence-electron chi connectivity index (χ1n) is 8.46. The zero-order valence-electron chi connectivity index (χ0n) is 15.4. The fourth-order valence-corrected chi connectivity index (χ4v) is 2.63. The van der Waals surface area contributed by atoms with Gasteiger partial charge in [-0.15, -0.1) is 0 Å². The lowest BCUT2D eigenvalue weighted by Gasteiger charge is -2.17. The van der Waals surface area contributed by atoms with Crippen LogP contribution in [0.1, 0.15) is 20.7 Å². The van der Waals surface area contributed by atoms with Crippen LogP contribution in [-0.2, 0) is 9.47 Å². The molecule has 0 fully saturated rings. The molecule has 0 spiro atoms. The summed E-state index contributed by atoms with van der Waals surface area (Å²) in [5.41, 5.74) is 2.78. The van der Waals surface area contributed by atoms with Gasteiger partial charge in [0.25, 0.3) is 0 Å². The van der Waals surface area contributed by atoms with Gasteiger partial charge < -0.3 is 20.1 Å². The monoisotopic (exact) mass is 377 g/mol. The molecule has 0 radical (unpaired) electrons. The molecule has 2 N–H and O–H groups in total. The Kier molecular flexibility index (Phi) is 5.86. The number of hydrogen-bond donors (Lipinski definition) is 2. The normalized spacial score (nSPS) is 10.1. The number of rotatable bonds is 6. The minimum Gasteiger partial charge on any atom is -0.465 e. The van der Waals surface area contributed by atoms with E-state index >= 15 is 0 Å². The standard InChI is InChI=1S/C21H19N3O4/c1-27-20(25)16-12-19(24-15-9-6-10-22-13-15)17(21(26)28-2)11-18(16)23-14-7-4-3-5-8-14/h3-13,23-24H,1-2H3. The Morgan fingerprint density at radius 1 is 0.786 bits per heavy atom. The minimum atomic E-state index is -0.543. The van der Waals surface area contributed by atoms with Gasteiger partial charge in [-0.1, -0.05) is 18.2 Å². The molecule has 0 atom stereocenters. The number of aromatic nitrogens is 1. The molecule has 28 heavy (non-hydrogen) atoms. The average Bonchev–Trinajstić information content (AvgIpc) is 2.74. The highest BCUT2D eigenvalue weighted by atomic mass is 16.5.